The zero-order valence-electron chi connectivity index (χ0n) is 12.2. The SMILES string of the molecule is CC1(CNC(=O)c2ccc3c(c2)CCC(=O)N3)CCCO1. The van der Waals surface area contributed by atoms with Gasteiger partial charge >= 0.3 is 0 Å². The Balaban J connectivity index is 1.66. The fraction of sp³-hybridized carbons (Fsp3) is 0.500. The molecule has 3 rings (SSSR count). The first kappa shape index (κ1) is 14.1. The van der Waals surface area contributed by atoms with Crippen LogP contribution in [0.1, 0.15) is 42.1 Å². The van der Waals surface area contributed by atoms with E-state index in [4.69, 9.17) is 4.74 Å². The number of carbonyl (C=O) groups excluding carboxylic acids is 2. The van der Waals surface area contributed by atoms with E-state index in [0.717, 1.165) is 30.7 Å². The van der Waals surface area contributed by atoms with Crippen molar-refractivity contribution >= 4 is 17.5 Å². The average molecular weight is 288 g/mol. The van der Waals surface area contributed by atoms with Gasteiger partial charge in [0.2, 0.25) is 5.91 Å². The van der Waals surface area contributed by atoms with Gasteiger partial charge in [-0.15, -0.1) is 0 Å². The molecule has 1 atom stereocenters. The molecule has 0 aliphatic carbocycles. The number of nitrogens with one attached hydrogen (secondary N) is 2. The number of hydrogen-bond donors (Lipinski definition) is 2. The van der Waals surface area contributed by atoms with Gasteiger partial charge in [0.15, 0.2) is 0 Å². The summed E-state index contributed by atoms with van der Waals surface area (Å²) >= 11 is 0. The molecular weight excluding hydrogens is 268 g/mol. The van der Waals surface area contributed by atoms with Gasteiger partial charge in [0.05, 0.1) is 5.60 Å². The molecule has 0 aromatic heterocycles. The minimum absolute atomic E-state index is 0.0333. The quantitative estimate of drug-likeness (QED) is 0.892. The lowest BCUT2D eigenvalue weighted by Gasteiger charge is -2.23. The number of benzene rings is 1. The Hall–Kier alpha value is -1.88. The molecule has 2 aliphatic rings. The van der Waals surface area contributed by atoms with Crippen LogP contribution in [0.15, 0.2) is 18.2 Å². The standard InChI is InChI=1S/C16H20N2O3/c1-16(7-2-8-21-16)10-17-15(20)12-3-5-13-11(9-12)4-6-14(19)18-13/h3,5,9H,2,4,6-8,10H2,1H3,(H,17,20)(H,18,19). The first-order valence-corrected chi connectivity index (χ1v) is 7.41. The highest BCUT2D eigenvalue weighted by Gasteiger charge is 2.30. The maximum Gasteiger partial charge on any atom is 0.251 e. The number of anilines is 1. The summed E-state index contributed by atoms with van der Waals surface area (Å²) in [5.41, 5.74) is 2.23. The molecule has 5 heteroatoms. The van der Waals surface area contributed by atoms with Gasteiger partial charge in [-0.25, -0.2) is 0 Å². The monoisotopic (exact) mass is 288 g/mol. The van der Waals surface area contributed by atoms with Crippen LogP contribution < -0.4 is 10.6 Å². The van der Waals surface area contributed by atoms with Crippen LogP contribution in [0.5, 0.6) is 0 Å². The number of ether oxygens (including phenoxy) is 1. The summed E-state index contributed by atoms with van der Waals surface area (Å²) in [6.07, 6.45) is 3.18. The second-order valence-corrected chi connectivity index (χ2v) is 6.00. The third kappa shape index (κ3) is 3.08. The molecule has 1 unspecified atom stereocenters. The average Bonchev–Trinajstić information content (AvgIpc) is 2.91. The second-order valence-electron chi connectivity index (χ2n) is 6.00. The summed E-state index contributed by atoms with van der Waals surface area (Å²) in [5, 5.41) is 5.76. The van der Waals surface area contributed by atoms with E-state index in [-0.39, 0.29) is 17.4 Å². The Morgan fingerprint density at radius 1 is 1.43 bits per heavy atom. The van der Waals surface area contributed by atoms with Crippen molar-refractivity contribution < 1.29 is 14.3 Å². The fourth-order valence-corrected chi connectivity index (χ4v) is 2.87. The first-order valence-electron chi connectivity index (χ1n) is 7.41. The van der Waals surface area contributed by atoms with Crippen LogP contribution in [0.4, 0.5) is 5.69 Å². The summed E-state index contributed by atoms with van der Waals surface area (Å²) in [6.45, 7) is 3.33. The van der Waals surface area contributed by atoms with Crippen LogP contribution >= 0.6 is 0 Å². The van der Waals surface area contributed by atoms with Crippen molar-refractivity contribution in [1.82, 2.24) is 5.32 Å². The van der Waals surface area contributed by atoms with Crippen molar-refractivity contribution in [3.05, 3.63) is 29.3 Å². The van der Waals surface area contributed by atoms with E-state index in [1.807, 2.05) is 13.0 Å². The molecule has 0 saturated carbocycles. The van der Waals surface area contributed by atoms with Gasteiger partial charge < -0.3 is 15.4 Å². The summed E-state index contributed by atoms with van der Waals surface area (Å²) < 4.78 is 5.67. The van der Waals surface area contributed by atoms with Crippen molar-refractivity contribution in [2.75, 3.05) is 18.5 Å². The maximum absolute atomic E-state index is 12.2. The number of carbonyl (C=O) groups is 2. The topological polar surface area (TPSA) is 67.4 Å². The minimum atomic E-state index is -0.238. The van der Waals surface area contributed by atoms with Gasteiger partial charge in [0.25, 0.3) is 5.91 Å². The zero-order valence-corrected chi connectivity index (χ0v) is 12.2. The molecule has 5 nitrogen and oxygen atoms in total. The summed E-state index contributed by atoms with van der Waals surface area (Å²) in [7, 11) is 0. The summed E-state index contributed by atoms with van der Waals surface area (Å²) in [4.78, 5) is 23.6. The van der Waals surface area contributed by atoms with Gasteiger partial charge in [-0.1, -0.05) is 0 Å². The van der Waals surface area contributed by atoms with Gasteiger partial charge in [0.1, 0.15) is 0 Å². The molecule has 2 heterocycles. The van der Waals surface area contributed by atoms with Crippen LogP contribution in [0.3, 0.4) is 0 Å². The first-order chi connectivity index (χ1) is 10.1. The van der Waals surface area contributed by atoms with Gasteiger partial charge in [-0.05, 0) is 49.9 Å². The second kappa shape index (κ2) is 5.48. The smallest absolute Gasteiger partial charge is 0.251 e. The molecule has 1 fully saturated rings. The lowest BCUT2D eigenvalue weighted by Crippen LogP contribution is -2.40. The summed E-state index contributed by atoms with van der Waals surface area (Å²) in [5.74, 6) is -0.0579. The van der Waals surface area contributed by atoms with Crippen LogP contribution in [0.25, 0.3) is 0 Å². The van der Waals surface area contributed by atoms with Crippen LogP contribution in [-0.2, 0) is 16.0 Å². The van der Waals surface area contributed by atoms with Crippen LogP contribution in [0.2, 0.25) is 0 Å². The minimum Gasteiger partial charge on any atom is -0.373 e. The number of fused-ring (bicyclic) bond motifs is 1. The Bertz CT molecular complexity index is 577. The highest BCUT2D eigenvalue weighted by molar-refractivity contribution is 5.97. The molecule has 1 aromatic rings. The third-order valence-corrected chi connectivity index (χ3v) is 4.19. The molecule has 21 heavy (non-hydrogen) atoms. The maximum atomic E-state index is 12.2. The van der Waals surface area contributed by atoms with E-state index < -0.39 is 0 Å². The molecule has 1 saturated heterocycles. The van der Waals surface area contributed by atoms with E-state index in [1.165, 1.54) is 0 Å². The highest BCUT2D eigenvalue weighted by Crippen LogP contribution is 2.25. The Kier molecular flexibility index (Phi) is 3.68. The third-order valence-electron chi connectivity index (χ3n) is 4.19. The molecule has 0 bridgehead atoms. The van der Waals surface area contributed by atoms with E-state index in [9.17, 15) is 9.59 Å². The molecule has 112 valence electrons. The van der Waals surface area contributed by atoms with E-state index in [0.29, 0.717) is 24.9 Å². The van der Waals surface area contributed by atoms with Crippen LogP contribution in [-0.4, -0.2) is 30.6 Å². The van der Waals surface area contributed by atoms with Gasteiger partial charge in [-0.3, -0.25) is 9.59 Å². The highest BCUT2D eigenvalue weighted by atomic mass is 16.5. The molecule has 2 aliphatic heterocycles. The predicted octanol–water partition coefficient (Wildman–Crippen LogP) is 1.87. The molecule has 0 radical (unpaired) electrons. The Labute approximate surface area is 124 Å². The Morgan fingerprint density at radius 3 is 3.05 bits per heavy atom. The number of amides is 2. The van der Waals surface area contributed by atoms with Crippen molar-refractivity contribution in [3.8, 4) is 0 Å². The number of hydrogen-bond acceptors (Lipinski definition) is 3. The normalized spacial score (nSPS) is 24.3. The lowest BCUT2D eigenvalue weighted by atomic mass is 9.99. The van der Waals surface area contributed by atoms with Crippen molar-refractivity contribution in [1.29, 1.82) is 0 Å². The zero-order chi connectivity index (χ0) is 14.9. The van der Waals surface area contributed by atoms with Crippen molar-refractivity contribution in [2.45, 2.75) is 38.2 Å². The predicted molar refractivity (Wildman–Crippen MR) is 79.3 cm³/mol. The molecular formula is C16H20N2O3. The number of rotatable bonds is 3. The number of aryl methyl sites for hydroxylation is 1. The molecule has 2 N–H and O–H groups in total. The van der Waals surface area contributed by atoms with Crippen molar-refractivity contribution in [3.63, 3.8) is 0 Å². The Morgan fingerprint density at radius 2 is 2.29 bits per heavy atom. The molecule has 0 spiro atoms. The molecule has 1 aromatic carbocycles. The van der Waals surface area contributed by atoms with E-state index in [1.54, 1.807) is 12.1 Å². The van der Waals surface area contributed by atoms with Gasteiger partial charge in [-0.2, -0.15) is 0 Å². The van der Waals surface area contributed by atoms with E-state index in [2.05, 4.69) is 10.6 Å². The van der Waals surface area contributed by atoms with Crippen molar-refractivity contribution in [2.24, 2.45) is 0 Å². The summed E-state index contributed by atoms with van der Waals surface area (Å²) in [6, 6.07) is 5.41. The van der Waals surface area contributed by atoms with Crippen LogP contribution in [0, 0.1) is 0 Å². The largest absolute Gasteiger partial charge is 0.373 e. The van der Waals surface area contributed by atoms with Gasteiger partial charge in [0, 0.05) is 30.8 Å². The fourth-order valence-electron chi connectivity index (χ4n) is 2.87. The molecule has 2 amide bonds. The lowest BCUT2D eigenvalue weighted by molar-refractivity contribution is -0.116. The van der Waals surface area contributed by atoms with E-state index >= 15 is 0 Å².